The van der Waals surface area contributed by atoms with Gasteiger partial charge in [-0.15, -0.1) is 11.8 Å². The van der Waals surface area contributed by atoms with E-state index < -0.39 is 69.9 Å². The molecule has 1 saturated heterocycles. The van der Waals surface area contributed by atoms with E-state index >= 15 is 0 Å². The van der Waals surface area contributed by atoms with E-state index in [-0.39, 0.29) is 18.2 Å². The third-order valence-electron chi connectivity index (χ3n) is 6.56. The molecule has 3 aromatic rings. The SMILES string of the molecule is O=C(CNC(=O)COc1ccc([C@@H]2[C@@H](SCC(O)c3ccc(F)cc3)C(=O)N2c2ccc(F)cc2)cc1)NCCS(=O)(=O)O. The fraction of sp³-hybridized carbons (Fsp3) is 0.276. The number of β-lactam (4-membered cyclic amide) rings is 1. The Morgan fingerprint density at radius 3 is 2.16 bits per heavy atom. The number of benzene rings is 3. The predicted octanol–water partition coefficient (Wildman–Crippen LogP) is 2.39. The van der Waals surface area contributed by atoms with Crippen molar-refractivity contribution in [2.75, 3.05) is 36.1 Å². The Labute approximate surface area is 256 Å². The first-order chi connectivity index (χ1) is 20.9. The number of halogens is 2. The monoisotopic (exact) mass is 649 g/mol. The minimum absolute atomic E-state index is 0.171. The minimum Gasteiger partial charge on any atom is -0.484 e. The number of anilines is 1. The van der Waals surface area contributed by atoms with Crippen LogP contribution in [0.5, 0.6) is 5.75 Å². The highest BCUT2D eigenvalue weighted by atomic mass is 32.2. The Morgan fingerprint density at radius 2 is 1.55 bits per heavy atom. The summed E-state index contributed by atoms with van der Waals surface area (Å²) >= 11 is 1.25. The van der Waals surface area contributed by atoms with Gasteiger partial charge in [0.1, 0.15) is 22.6 Å². The zero-order chi connectivity index (χ0) is 31.9. The van der Waals surface area contributed by atoms with Gasteiger partial charge in [0.05, 0.1) is 24.4 Å². The number of nitrogens with zero attached hydrogens (tertiary/aromatic N) is 1. The number of thioether (sulfide) groups is 1. The average molecular weight is 650 g/mol. The number of hydrogen-bond acceptors (Lipinski definition) is 8. The number of carbonyl (C=O) groups excluding carboxylic acids is 3. The number of ether oxygens (including phenoxy) is 1. The molecule has 1 heterocycles. The Kier molecular flexibility index (Phi) is 10.9. The summed E-state index contributed by atoms with van der Waals surface area (Å²) in [5.41, 5.74) is 1.73. The van der Waals surface area contributed by atoms with Crippen LogP contribution in [0.1, 0.15) is 23.3 Å². The van der Waals surface area contributed by atoms with E-state index in [1.165, 1.54) is 65.2 Å². The van der Waals surface area contributed by atoms with Gasteiger partial charge in [-0.3, -0.25) is 18.9 Å². The number of nitrogens with one attached hydrogen (secondary N) is 2. The average Bonchev–Trinajstić information content (AvgIpc) is 2.98. The van der Waals surface area contributed by atoms with Crippen LogP contribution >= 0.6 is 11.8 Å². The lowest BCUT2D eigenvalue weighted by atomic mass is 9.92. The lowest BCUT2D eigenvalue weighted by molar-refractivity contribution is -0.127. The van der Waals surface area contributed by atoms with Gasteiger partial charge >= 0.3 is 0 Å². The first-order valence-electron chi connectivity index (χ1n) is 13.3. The van der Waals surface area contributed by atoms with E-state index in [0.29, 0.717) is 17.0 Å². The lowest BCUT2D eigenvalue weighted by Crippen LogP contribution is -2.57. The molecule has 3 atom stereocenters. The molecule has 1 unspecified atom stereocenters. The van der Waals surface area contributed by atoms with Crippen LogP contribution in [-0.4, -0.2) is 72.3 Å². The molecule has 4 N–H and O–H groups in total. The van der Waals surface area contributed by atoms with Crippen LogP contribution in [0, 0.1) is 11.6 Å². The largest absolute Gasteiger partial charge is 0.484 e. The fourth-order valence-electron chi connectivity index (χ4n) is 4.34. The third kappa shape index (κ3) is 8.98. The van der Waals surface area contributed by atoms with Gasteiger partial charge in [-0.2, -0.15) is 8.42 Å². The second-order valence-electron chi connectivity index (χ2n) is 9.72. The van der Waals surface area contributed by atoms with E-state index in [2.05, 4.69) is 10.6 Å². The first kappa shape index (κ1) is 32.9. The fourth-order valence-corrected chi connectivity index (χ4v) is 6.00. The maximum Gasteiger partial charge on any atom is 0.266 e. The van der Waals surface area contributed by atoms with Crippen molar-refractivity contribution in [3.05, 3.63) is 95.6 Å². The van der Waals surface area contributed by atoms with Crippen molar-refractivity contribution < 1.29 is 46.0 Å². The smallest absolute Gasteiger partial charge is 0.266 e. The number of amides is 3. The number of hydrogen-bond donors (Lipinski definition) is 4. The van der Waals surface area contributed by atoms with Crippen molar-refractivity contribution in [1.82, 2.24) is 10.6 Å². The molecule has 4 rings (SSSR count). The molecule has 0 bridgehead atoms. The minimum atomic E-state index is -4.22. The van der Waals surface area contributed by atoms with Crippen molar-refractivity contribution in [1.29, 1.82) is 0 Å². The van der Waals surface area contributed by atoms with Crippen molar-refractivity contribution in [2.24, 2.45) is 0 Å². The number of aliphatic hydroxyl groups is 1. The molecule has 0 spiro atoms. The molecule has 44 heavy (non-hydrogen) atoms. The Hall–Kier alpha value is -4.05. The third-order valence-corrected chi connectivity index (χ3v) is 8.61. The second-order valence-corrected chi connectivity index (χ2v) is 12.5. The second kappa shape index (κ2) is 14.6. The van der Waals surface area contributed by atoms with E-state index in [9.17, 15) is 36.7 Å². The van der Waals surface area contributed by atoms with Crippen LogP contribution in [0.15, 0.2) is 72.8 Å². The van der Waals surface area contributed by atoms with Crippen molar-refractivity contribution in [2.45, 2.75) is 17.4 Å². The molecule has 11 nitrogen and oxygen atoms in total. The summed E-state index contributed by atoms with van der Waals surface area (Å²) in [6.45, 7) is -1.15. The van der Waals surface area contributed by atoms with Crippen molar-refractivity contribution in [3.63, 3.8) is 0 Å². The Balaban J connectivity index is 1.36. The van der Waals surface area contributed by atoms with Gasteiger partial charge in [-0.25, -0.2) is 8.78 Å². The first-order valence-corrected chi connectivity index (χ1v) is 15.9. The topological polar surface area (TPSA) is 162 Å². The van der Waals surface area contributed by atoms with Crippen LogP contribution in [0.3, 0.4) is 0 Å². The van der Waals surface area contributed by atoms with Gasteiger partial charge in [0, 0.05) is 18.0 Å². The zero-order valence-corrected chi connectivity index (χ0v) is 24.7. The van der Waals surface area contributed by atoms with Crippen molar-refractivity contribution >= 4 is 45.3 Å². The highest BCUT2D eigenvalue weighted by Gasteiger charge is 2.49. The molecule has 0 radical (unpaired) electrons. The van der Waals surface area contributed by atoms with Gasteiger partial charge in [-0.05, 0) is 59.7 Å². The zero-order valence-electron chi connectivity index (χ0n) is 23.1. The van der Waals surface area contributed by atoms with E-state index in [1.54, 1.807) is 24.3 Å². The summed E-state index contributed by atoms with van der Waals surface area (Å²) in [6.07, 6.45) is -0.932. The summed E-state index contributed by atoms with van der Waals surface area (Å²) < 4.78 is 62.3. The van der Waals surface area contributed by atoms with Gasteiger partial charge < -0.3 is 25.4 Å². The van der Waals surface area contributed by atoms with Gasteiger partial charge in [0.15, 0.2) is 6.61 Å². The van der Waals surface area contributed by atoms with Crippen LogP contribution in [0.4, 0.5) is 14.5 Å². The van der Waals surface area contributed by atoms with Gasteiger partial charge in [-0.1, -0.05) is 24.3 Å². The molecule has 3 aromatic carbocycles. The number of aliphatic hydroxyl groups excluding tert-OH is 1. The van der Waals surface area contributed by atoms with E-state index in [4.69, 9.17) is 9.29 Å². The van der Waals surface area contributed by atoms with Crippen LogP contribution in [-0.2, 0) is 24.5 Å². The Bertz CT molecular complexity index is 1570. The molecular formula is C29H29F2N3O8S2. The summed E-state index contributed by atoms with van der Waals surface area (Å²) in [5.74, 6) is -2.51. The quantitative estimate of drug-likeness (QED) is 0.152. The molecular weight excluding hydrogens is 620 g/mol. The highest BCUT2D eigenvalue weighted by Crippen LogP contribution is 2.46. The molecule has 3 amide bonds. The molecule has 234 valence electrons. The molecule has 0 aliphatic carbocycles. The van der Waals surface area contributed by atoms with Crippen LogP contribution in [0.25, 0.3) is 0 Å². The standard InChI is InChI=1S/C29H29F2N3O8S2/c30-20-5-1-18(2-6-20)24(35)17-43-28-27(34(29(28)38)22-9-7-21(31)8-10-22)19-3-11-23(12-4-19)42-16-26(37)33-15-25(36)32-13-14-44(39,40)41/h1-12,24,27-28,35H,13-17H2,(H,32,36)(H,33,37)(H,39,40,41)/t24?,27-,28-/m1/s1. The van der Waals surface area contributed by atoms with E-state index in [0.717, 1.165) is 5.56 Å². The highest BCUT2D eigenvalue weighted by molar-refractivity contribution is 8.00. The number of rotatable bonds is 14. The normalized spacial score (nSPS) is 17.0. The number of carbonyl (C=O) groups is 3. The Morgan fingerprint density at radius 1 is 0.932 bits per heavy atom. The van der Waals surface area contributed by atoms with Crippen LogP contribution in [0.2, 0.25) is 0 Å². The summed E-state index contributed by atoms with van der Waals surface area (Å²) in [7, 11) is -4.22. The predicted molar refractivity (Wildman–Crippen MR) is 159 cm³/mol. The van der Waals surface area contributed by atoms with Crippen LogP contribution < -0.4 is 20.3 Å². The summed E-state index contributed by atoms with van der Waals surface area (Å²) in [5, 5.41) is 14.6. The maximum absolute atomic E-state index is 13.6. The van der Waals surface area contributed by atoms with E-state index in [1.807, 2.05) is 0 Å². The molecule has 15 heteroatoms. The molecule has 1 fully saturated rings. The lowest BCUT2D eigenvalue weighted by Gasteiger charge is -2.47. The molecule has 1 aliphatic rings. The summed E-state index contributed by atoms with van der Waals surface area (Å²) in [6, 6.07) is 17.1. The van der Waals surface area contributed by atoms with Crippen molar-refractivity contribution in [3.8, 4) is 5.75 Å². The van der Waals surface area contributed by atoms with Gasteiger partial charge in [0.2, 0.25) is 11.8 Å². The van der Waals surface area contributed by atoms with Gasteiger partial charge in [0.25, 0.3) is 16.0 Å². The molecule has 0 aromatic heterocycles. The maximum atomic E-state index is 13.6. The molecule has 1 aliphatic heterocycles. The molecule has 0 saturated carbocycles. The summed E-state index contributed by atoms with van der Waals surface area (Å²) in [4.78, 5) is 38.5.